The Hall–Kier alpha value is -5.92. The Kier molecular flexibility index (Phi) is 5.94. The summed E-state index contributed by atoms with van der Waals surface area (Å²) in [6, 6.07) is 46.5. The van der Waals surface area contributed by atoms with Crippen LogP contribution in [0, 0.1) is 22.7 Å². The highest BCUT2D eigenvalue weighted by Gasteiger charge is 2.23. The number of rotatable bonds is 4. The molecule has 0 fully saturated rings. The molecule has 0 bridgehead atoms. The maximum atomic E-state index is 11.0. The van der Waals surface area contributed by atoms with E-state index in [-0.39, 0.29) is 0 Å². The highest BCUT2D eigenvalue weighted by Crippen LogP contribution is 2.44. The summed E-state index contributed by atoms with van der Waals surface area (Å²) in [5, 5.41) is 32.2. The first-order chi connectivity index (χ1) is 22.8. The lowest BCUT2D eigenvalue weighted by atomic mass is 9.88. The van der Waals surface area contributed by atoms with Crippen molar-refractivity contribution in [1.82, 2.24) is 9.13 Å². The predicted octanol–water partition coefficient (Wildman–Crippen LogP) is 11.1. The Labute approximate surface area is 272 Å². The number of nitriles is 2. The van der Waals surface area contributed by atoms with Crippen molar-refractivity contribution in [2.24, 2.45) is 0 Å². The molecule has 0 amide bonds. The summed E-state index contributed by atoms with van der Waals surface area (Å²) in [6.07, 6.45) is 0. The lowest BCUT2D eigenvalue weighted by Gasteiger charge is -2.16. The third-order valence-corrected chi connectivity index (χ3v) is 10.5. The van der Waals surface area contributed by atoms with Gasteiger partial charge < -0.3 is 9.13 Å². The molecule has 0 N–H and O–H groups in total. The standard InChI is InChI=1S/C40H22N4S2/c41-23-25-21-32(30-13-5-11-28-26-9-1-3-15-35(26)43(39(28)30)37-17-7-19-45-37)34(24-42)33(22-25)31-14-6-12-29-27-10-2-4-16-36(27)44(40(29)31)38-18-8-20-46-38/h1-22H. The van der Waals surface area contributed by atoms with Crippen LogP contribution in [0.4, 0.5) is 0 Å². The highest BCUT2D eigenvalue weighted by molar-refractivity contribution is 7.12. The second kappa shape index (κ2) is 10.3. The van der Waals surface area contributed by atoms with Crippen LogP contribution in [0.25, 0.3) is 75.9 Å². The number of para-hydroxylation sites is 4. The van der Waals surface area contributed by atoms with Crippen LogP contribution >= 0.6 is 22.7 Å². The van der Waals surface area contributed by atoms with Crippen molar-refractivity contribution in [2.75, 3.05) is 0 Å². The van der Waals surface area contributed by atoms with E-state index >= 15 is 0 Å². The van der Waals surface area contributed by atoms with Gasteiger partial charge in [-0.3, -0.25) is 0 Å². The quantitative estimate of drug-likeness (QED) is 0.196. The zero-order valence-electron chi connectivity index (χ0n) is 24.3. The van der Waals surface area contributed by atoms with E-state index in [1.807, 2.05) is 12.1 Å². The van der Waals surface area contributed by atoms with Gasteiger partial charge >= 0.3 is 0 Å². The lowest BCUT2D eigenvalue weighted by molar-refractivity contribution is 1.22. The molecule has 0 atom stereocenters. The maximum absolute atomic E-state index is 11.0. The fourth-order valence-corrected chi connectivity index (χ4v) is 8.47. The SMILES string of the molecule is N#Cc1cc(-c2cccc3c4ccccc4n(-c4cccs4)c23)c(C#N)c(-c2cccc3c4ccccc4n(-c4cccs4)c23)c1. The second-order valence-electron chi connectivity index (χ2n) is 11.2. The largest absolute Gasteiger partial charge is 0.300 e. The first-order valence-electron chi connectivity index (χ1n) is 14.9. The van der Waals surface area contributed by atoms with E-state index in [0.717, 1.165) is 75.9 Å². The molecule has 4 heterocycles. The monoisotopic (exact) mass is 622 g/mol. The normalized spacial score (nSPS) is 11.4. The van der Waals surface area contributed by atoms with Gasteiger partial charge in [0, 0.05) is 43.8 Å². The minimum Gasteiger partial charge on any atom is -0.300 e. The summed E-state index contributed by atoms with van der Waals surface area (Å²) in [7, 11) is 0. The van der Waals surface area contributed by atoms with E-state index in [2.05, 4.69) is 141 Å². The number of hydrogen-bond acceptors (Lipinski definition) is 4. The van der Waals surface area contributed by atoms with E-state index in [1.165, 1.54) is 0 Å². The molecule has 4 nitrogen and oxygen atoms in total. The molecule has 0 spiro atoms. The third-order valence-electron chi connectivity index (χ3n) is 8.80. The molecular formula is C40H22N4S2. The van der Waals surface area contributed by atoms with E-state index in [1.54, 1.807) is 22.7 Å². The Morgan fingerprint density at radius 2 is 0.935 bits per heavy atom. The summed E-state index contributed by atoms with van der Waals surface area (Å²) in [5.41, 5.74) is 8.65. The molecule has 0 saturated heterocycles. The Morgan fingerprint density at radius 1 is 0.457 bits per heavy atom. The van der Waals surface area contributed by atoms with Crippen molar-refractivity contribution < 1.29 is 0 Å². The van der Waals surface area contributed by atoms with Gasteiger partial charge in [-0.2, -0.15) is 10.5 Å². The number of benzene rings is 5. The molecule has 214 valence electrons. The molecular weight excluding hydrogens is 601 g/mol. The van der Waals surface area contributed by atoms with Gasteiger partial charge in [0.1, 0.15) is 6.07 Å². The van der Waals surface area contributed by atoms with Crippen LogP contribution in [0.2, 0.25) is 0 Å². The fraction of sp³-hybridized carbons (Fsp3) is 0. The molecule has 46 heavy (non-hydrogen) atoms. The minimum atomic E-state index is 0.510. The molecule has 9 rings (SSSR count). The smallest absolute Gasteiger partial charge is 0.100 e. The van der Waals surface area contributed by atoms with Crippen LogP contribution in [-0.2, 0) is 0 Å². The van der Waals surface area contributed by atoms with Crippen LogP contribution in [0.5, 0.6) is 0 Å². The van der Waals surface area contributed by atoms with Gasteiger partial charge in [0.2, 0.25) is 0 Å². The van der Waals surface area contributed by atoms with Gasteiger partial charge in [0.25, 0.3) is 0 Å². The molecule has 9 aromatic rings. The molecule has 0 radical (unpaired) electrons. The van der Waals surface area contributed by atoms with E-state index in [9.17, 15) is 10.5 Å². The number of hydrogen-bond donors (Lipinski definition) is 0. The topological polar surface area (TPSA) is 57.4 Å². The van der Waals surface area contributed by atoms with Crippen molar-refractivity contribution >= 4 is 66.3 Å². The average Bonchev–Trinajstić information content (AvgIpc) is 3.93. The van der Waals surface area contributed by atoms with Gasteiger partial charge in [0.15, 0.2) is 0 Å². The third kappa shape index (κ3) is 3.76. The predicted molar refractivity (Wildman–Crippen MR) is 191 cm³/mol. The van der Waals surface area contributed by atoms with Crippen molar-refractivity contribution in [3.8, 4) is 44.4 Å². The molecule has 0 aliphatic heterocycles. The average molecular weight is 623 g/mol. The van der Waals surface area contributed by atoms with Crippen molar-refractivity contribution in [2.45, 2.75) is 0 Å². The van der Waals surface area contributed by atoms with E-state index < -0.39 is 0 Å². The molecule has 6 heteroatoms. The van der Waals surface area contributed by atoms with E-state index in [0.29, 0.717) is 11.1 Å². The zero-order chi connectivity index (χ0) is 30.8. The lowest BCUT2D eigenvalue weighted by Crippen LogP contribution is -1.98. The number of nitrogens with zero attached hydrogens (tertiary/aromatic N) is 4. The van der Waals surface area contributed by atoms with Crippen LogP contribution < -0.4 is 0 Å². The summed E-state index contributed by atoms with van der Waals surface area (Å²) < 4.78 is 4.58. The molecule has 0 saturated carbocycles. The summed E-state index contributed by atoms with van der Waals surface area (Å²) >= 11 is 3.36. The van der Waals surface area contributed by atoms with Gasteiger partial charge in [-0.1, -0.05) is 72.8 Å². The zero-order valence-corrected chi connectivity index (χ0v) is 25.9. The molecule has 0 aliphatic rings. The van der Waals surface area contributed by atoms with E-state index in [4.69, 9.17) is 0 Å². The van der Waals surface area contributed by atoms with Gasteiger partial charge in [-0.25, -0.2) is 0 Å². The Balaban J connectivity index is 1.42. The highest BCUT2D eigenvalue weighted by atomic mass is 32.1. The summed E-state index contributed by atoms with van der Waals surface area (Å²) in [5.74, 6) is 0. The summed E-state index contributed by atoms with van der Waals surface area (Å²) in [4.78, 5) is 0. The molecule has 5 aromatic carbocycles. The number of fused-ring (bicyclic) bond motifs is 6. The minimum absolute atomic E-state index is 0.510. The Morgan fingerprint density at radius 3 is 1.37 bits per heavy atom. The fourth-order valence-electron chi connectivity index (χ4n) is 6.98. The maximum Gasteiger partial charge on any atom is 0.100 e. The van der Waals surface area contributed by atoms with Crippen molar-refractivity contribution in [1.29, 1.82) is 10.5 Å². The van der Waals surface area contributed by atoms with Crippen molar-refractivity contribution in [3.63, 3.8) is 0 Å². The van der Waals surface area contributed by atoms with Crippen LogP contribution in [0.3, 0.4) is 0 Å². The molecule has 4 aromatic heterocycles. The first kappa shape index (κ1) is 26.5. The van der Waals surface area contributed by atoms with Crippen molar-refractivity contribution in [3.05, 3.63) is 143 Å². The molecule has 0 unspecified atom stereocenters. The Bertz CT molecular complexity index is 2540. The summed E-state index contributed by atoms with van der Waals surface area (Å²) in [6.45, 7) is 0. The first-order valence-corrected chi connectivity index (χ1v) is 16.6. The van der Waals surface area contributed by atoms with Crippen LogP contribution in [0.15, 0.2) is 132 Å². The number of thiophene rings is 2. The van der Waals surface area contributed by atoms with Crippen LogP contribution in [0.1, 0.15) is 11.1 Å². The molecule has 0 aliphatic carbocycles. The second-order valence-corrected chi connectivity index (χ2v) is 13.0. The van der Waals surface area contributed by atoms with Crippen LogP contribution in [-0.4, -0.2) is 9.13 Å². The number of aromatic nitrogens is 2. The van der Waals surface area contributed by atoms with Gasteiger partial charge in [-0.05, 0) is 59.3 Å². The van der Waals surface area contributed by atoms with Gasteiger partial charge in [0.05, 0.1) is 49.3 Å². The van der Waals surface area contributed by atoms with Gasteiger partial charge in [-0.15, -0.1) is 22.7 Å².